The largest absolute Gasteiger partial charge is 0.236 e. The van der Waals surface area contributed by atoms with Crippen molar-refractivity contribution in [2.75, 3.05) is 0 Å². The molecule has 1 saturated carbocycles. The molecule has 0 heterocycles. The zero-order valence-electron chi connectivity index (χ0n) is 13.9. The van der Waals surface area contributed by atoms with E-state index in [1.165, 1.54) is 43.7 Å². The Morgan fingerprint density at radius 2 is 1.70 bits per heavy atom. The molecule has 0 aromatic heterocycles. The fourth-order valence-corrected chi connectivity index (χ4v) is 3.47. The van der Waals surface area contributed by atoms with Crippen molar-refractivity contribution in [3.8, 4) is 11.1 Å². The first-order valence-corrected chi connectivity index (χ1v) is 8.47. The minimum atomic E-state index is -0.298. The summed E-state index contributed by atoms with van der Waals surface area (Å²) in [6, 6.07) is 16.2. The van der Waals surface area contributed by atoms with Gasteiger partial charge in [0, 0.05) is 38.5 Å². The van der Waals surface area contributed by atoms with Crippen molar-refractivity contribution in [2.24, 2.45) is 11.8 Å². The Labute approximate surface area is 164 Å². The SMILES string of the molecule is CC1CCC(CCc2ccc(-c3cc[c-]c(F)c3)cc2)CC1.[Y]. The van der Waals surface area contributed by atoms with Gasteiger partial charge in [-0.2, -0.15) is 12.1 Å². The summed E-state index contributed by atoms with van der Waals surface area (Å²) in [5.74, 6) is 1.54. The molecule has 0 N–H and O–H groups in total. The average molecular weight is 384 g/mol. The van der Waals surface area contributed by atoms with E-state index in [1.807, 2.05) is 6.07 Å². The van der Waals surface area contributed by atoms with Crippen LogP contribution in [0.1, 0.15) is 44.6 Å². The summed E-state index contributed by atoms with van der Waals surface area (Å²) >= 11 is 0. The first-order valence-electron chi connectivity index (χ1n) is 8.47. The van der Waals surface area contributed by atoms with Gasteiger partial charge < -0.3 is 0 Å². The minimum Gasteiger partial charge on any atom is -0.236 e. The van der Waals surface area contributed by atoms with Gasteiger partial charge in [-0.1, -0.05) is 56.9 Å². The van der Waals surface area contributed by atoms with Crippen LogP contribution in [0.2, 0.25) is 0 Å². The summed E-state index contributed by atoms with van der Waals surface area (Å²) in [5.41, 5.74) is 3.39. The molecule has 119 valence electrons. The summed E-state index contributed by atoms with van der Waals surface area (Å²) in [5, 5.41) is 0. The molecule has 3 rings (SSSR count). The van der Waals surface area contributed by atoms with Gasteiger partial charge in [0.15, 0.2) is 0 Å². The Morgan fingerprint density at radius 1 is 1.00 bits per heavy atom. The fraction of sp³-hybridized carbons (Fsp3) is 0.429. The molecule has 0 spiro atoms. The zero-order chi connectivity index (χ0) is 15.4. The van der Waals surface area contributed by atoms with Crippen molar-refractivity contribution in [1.29, 1.82) is 0 Å². The summed E-state index contributed by atoms with van der Waals surface area (Å²) in [6.45, 7) is 2.37. The third-order valence-electron chi connectivity index (χ3n) is 5.03. The molecule has 1 fully saturated rings. The molecule has 0 atom stereocenters. The van der Waals surface area contributed by atoms with Crippen LogP contribution in [-0.4, -0.2) is 0 Å². The van der Waals surface area contributed by atoms with Crippen LogP contribution < -0.4 is 0 Å². The van der Waals surface area contributed by atoms with Gasteiger partial charge in [-0.25, -0.2) is 4.39 Å². The quantitative estimate of drug-likeness (QED) is 0.563. The molecule has 0 unspecified atom stereocenters. The van der Waals surface area contributed by atoms with Crippen LogP contribution >= 0.6 is 0 Å². The van der Waals surface area contributed by atoms with E-state index in [4.69, 9.17) is 0 Å². The van der Waals surface area contributed by atoms with E-state index in [0.717, 1.165) is 29.4 Å². The molecular weight excluding hydrogens is 360 g/mol. The fourth-order valence-electron chi connectivity index (χ4n) is 3.47. The maximum atomic E-state index is 13.2. The van der Waals surface area contributed by atoms with E-state index >= 15 is 0 Å². The first kappa shape index (κ1) is 18.8. The summed E-state index contributed by atoms with van der Waals surface area (Å²) in [7, 11) is 0. The Morgan fingerprint density at radius 3 is 2.35 bits per heavy atom. The van der Waals surface area contributed by atoms with Crippen LogP contribution in [0.5, 0.6) is 0 Å². The molecule has 2 heteroatoms. The van der Waals surface area contributed by atoms with Crippen LogP contribution in [0, 0.1) is 23.7 Å². The van der Waals surface area contributed by atoms with E-state index in [1.54, 1.807) is 6.07 Å². The summed E-state index contributed by atoms with van der Waals surface area (Å²) < 4.78 is 13.2. The predicted molar refractivity (Wildman–Crippen MR) is 90.1 cm³/mol. The van der Waals surface area contributed by atoms with E-state index in [2.05, 4.69) is 37.3 Å². The van der Waals surface area contributed by atoms with Gasteiger partial charge in [-0.3, -0.25) is 0 Å². The zero-order valence-corrected chi connectivity index (χ0v) is 16.7. The van der Waals surface area contributed by atoms with Crippen molar-refractivity contribution >= 4 is 0 Å². The van der Waals surface area contributed by atoms with Gasteiger partial charge >= 0.3 is 0 Å². The van der Waals surface area contributed by atoms with Crippen LogP contribution in [0.15, 0.2) is 42.5 Å². The van der Waals surface area contributed by atoms with Crippen molar-refractivity contribution in [3.05, 3.63) is 59.9 Å². The Kier molecular flexibility index (Phi) is 7.43. The van der Waals surface area contributed by atoms with E-state index in [9.17, 15) is 4.39 Å². The summed E-state index contributed by atoms with van der Waals surface area (Å²) in [6.07, 6.45) is 8.08. The molecule has 0 aliphatic heterocycles. The number of rotatable bonds is 4. The van der Waals surface area contributed by atoms with Gasteiger partial charge in [-0.15, -0.1) is 17.7 Å². The molecule has 2 aromatic carbocycles. The van der Waals surface area contributed by atoms with Crippen molar-refractivity contribution in [3.63, 3.8) is 0 Å². The number of benzene rings is 2. The van der Waals surface area contributed by atoms with Crippen LogP contribution in [0.25, 0.3) is 11.1 Å². The molecular formula is C21H24FY-. The van der Waals surface area contributed by atoms with Gasteiger partial charge in [0.05, 0.1) is 0 Å². The molecule has 0 saturated heterocycles. The molecule has 1 aliphatic rings. The maximum Gasteiger partial charge on any atom is 0.0114 e. The van der Waals surface area contributed by atoms with Crippen molar-refractivity contribution in [2.45, 2.75) is 45.4 Å². The van der Waals surface area contributed by atoms with Gasteiger partial charge in [0.2, 0.25) is 0 Å². The Bertz CT molecular complexity index is 597. The second-order valence-corrected chi connectivity index (χ2v) is 6.79. The van der Waals surface area contributed by atoms with E-state index in [0.29, 0.717) is 0 Å². The van der Waals surface area contributed by atoms with Crippen LogP contribution in [0.3, 0.4) is 0 Å². The molecule has 1 aliphatic carbocycles. The number of aryl methyl sites for hydroxylation is 1. The normalized spacial score (nSPS) is 20.8. The van der Waals surface area contributed by atoms with Crippen molar-refractivity contribution in [1.82, 2.24) is 0 Å². The Hall–Kier alpha value is -0.526. The first-order chi connectivity index (χ1) is 10.7. The van der Waals surface area contributed by atoms with Gasteiger partial charge in [0.25, 0.3) is 0 Å². The summed E-state index contributed by atoms with van der Waals surface area (Å²) in [4.78, 5) is 0. The number of hydrogen-bond donors (Lipinski definition) is 0. The molecule has 0 amide bonds. The average Bonchev–Trinajstić information content (AvgIpc) is 2.55. The molecule has 0 bridgehead atoms. The maximum absolute atomic E-state index is 13.2. The third-order valence-corrected chi connectivity index (χ3v) is 5.03. The van der Waals surface area contributed by atoms with Gasteiger partial charge in [0.1, 0.15) is 0 Å². The standard InChI is InChI=1S/C21H24F.Y/c1-16-5-7-17(8-6-16)9-10-18-11-13-19(14-12-18)20-3-2-4-21(22)15-20;/h2-3,11-17H,5-10H2,1H3;/q-1;. The van der Waals surface area contributed by atoms with Gasteiger partial charge in [-0.05, 0) is 35.8 Å². The molecule has 0 nitrogen and oxygen atoms in total. The second-order valence-electron chi connectivity index (χ2n) is 6.79. The smallest absolute Gasteiger partial charge is 0.0114 e. The topological polar surface area (TPSA) is 0 Å². The van der Waals surface area contributed by atoms with Crippen molar-refractivity contribution < 1.29 is 37.1 Å². The molecule has 23 heavy (non-hydrogen) atoms. The molecule has 2 aromatic rings. The van der Waals surface area contributed by atoms with Crippen LogP contribution in [0.4, 0.5) is 4.39 Å². The number of hydrogen-bond acceptors (Lipinski definition) is 0. The third kappa shape index (κ3) is 5.50. The monoisotopic (exact) mass is 384 g/mol. The minimum absolute atomic E-state index is 0. The van der Waals surface area contributed by atoms with E-state index < -0.39 is 0 Å². The molecule has 1 radical (unpaired) electrons. The number of halogens is 1. The second kappa shape index (κ2) is 9.09. The predicted octanol–water partition coefficient (Wildman–Crippen LogP) is 6.05. The Balaban J connectivity index is 0.00000192. The van der Waals surface area contributed by atoms with Crippen LogP contribution in [-0.2, 0) is 39.1 Å². The van der Waals surface area contributed by atoms with E-state index in [-0.39, 0.29) is 38.5 Å².